The van der Waals surface area contributed by atoms with E-state index in [2.05, 4.69) is 25.2 Å². The summed E-state index contributed by atoms with van der Waals surface area (Å²) in [5.74, 6) is -1.16. The molecule has 1 amide bonds. The van der Waals surface area contributed by atoms with Crippen LogP contribution >= 0.6 is 0 Å². The lowest BCUT2D eigenvalue weighted by atomic mass is 10.0. The topological polar surface area (TPSA) is 112 Å². The number of amides is 1. The zero-order valence-corrected chi connectivity index (χ0v) is 20.5. The van der Waals surface area contributed by atoms with Gasteiger partial charge < -0.3 is 15.3 Å². The molecule has 1 aromatic carbocycles. The number of aromatic carboxylic acids is 1. The number of anilines is 2. The number of carbonyl (C=O) groups excluding carboxylic acids is 1. The van der Waals surface area contributed by atoms with E-state index in [1.807, 2.05) is 0 Å². The van der Waals surface area contributed by atoms with Crippen molar-refractivity contribution in [2.45, 2.75) is 45.1 Å². The number of piperidine rings is 1. The fourth-order valence-electron chi connectivity index (χ4n) is 4.94. The Labute approximate surface area is 216 Å². The van der Waals surface area contributed by atoms with Gasteiger partial charge in [0.2, 0.25) is 5.95 Å². The molecular formula is C26H25F3N6O3. The number of nitrogens with zero attached hydrogens (tertiary/aromatic N) is 5. The molecule has 1 saturated heterocycles. The van der Waals surface area contributed by atoms with E-state index in [0.29, 0.717) is 37.3 Å². The molecular weight excluding hydrogens is 501 g/mol. The van der Waals surface area contributed by atoms with E-state index < -0.39 is 17.7 Å². The number of pyridine rings is 1. The highest BCUT2D eigenvalue weighted by molar-refractivity contribution is 5.96. The first kappa shape index (κ1) is 25.6. The summed E-state index contributed by atoms with van der Waals surface area (Å²) in [4.78, 5) is 40.6. The molecule has 38 heavy (non-hydrogen) atoms. The molecule has 5 rings (SSSR count). The minimum absolute atomic E-state index is 0.168. The van der Waals surface area contributed by atoms with E-state index in [4.69, 9.17) is 5.11 Å². The molecule has 0 aliphatic carbocycles. The summed E-state index contributed by atoms with van der Waals surface area (Å²) in [7, 11) is 0. The summed E-state index contributed by atoms with van der Waals surface area (Å²) < 4.78 is 39.5. The molecule has 2 aliphatic rings. The van der Waals surface area contributed by atoms with Crippen molar-refractivity contribution < 1.29 is 27.9 Å². The van der Waals surface area contributed by atoms with Crippen LogP contribution in [0.15, 0.2) is 42.7 Å². The lowest BCUT2D eigenvalue weighted by molar-refractivity contribution is -0.137. The Morgan fingerprint density at radius 3 is 2.55 bits per heavy atom. The van der Waals surface area contributed by atoms with Crippen LogP contribution in [0.2, 0.25) is 0 Å². The Balaban J connectivity index is 1.20. The van der Waals surface area contributed by atoms with Gasteiger partial charge in [0.05, 0.1) is 11.3 Å². The van der Waals surface area contributed by atoms with E-state index in [-0.39, 0.29) is 29.3 Å². The van der Waals surface area contributed by atoms with Crippen LogP contribution in [0.5, 0.6) is 0 Å². The second-order valence-electron chi connectivity index (χ2n) is 9.54. The number of alkyl halides is 3. The molecule has 1 fully saturated rings. The SMILES string of the molecule is Cc1cc(Nc2ncc3c(n2)CN(C2CCN(C(=O)c4ccnc(C(=O)O)c4)CC2)C3)cc(C(F)(F)F)c1. The summed E-state index contributed by atoms with van der Waals surface area (Å²) in [5, 5.41) is 12.0. The van der Waals surface area contributed by atoms with E-state index in [0.717, 1.165) is 36.2 Å². The number of aromatic nitrogens is 3. The molecule has 0 atom stereocenters. The number of hydrogen-bond donors (Lipinski definition) is 2. The molecule has 2 N–H and O–H groups in total. The number of halogens is 3. The summed E-state index contributed by atoms with van der Waals surface area (Å²) in [6.07, 6.45) is 0.0788. The second kappa shape index (κ2) is 10.0. The Hall–Kier alpha value is -4.06. The molecule has 4 heterocycles. The van der Waals surface area contributed by atoms with Crippen molar-refractivity contribution in [3.05, 3.63) is 76.4 Å². The minimum atomic E-state index is -4.44. The second-order valence-corrected chi connectivity index (χ2v) is 9.54. The van der Waals surface area contributed by atoms with Gasteiger partial charge in [-0.15, -0.1) is 0 Å². The fraction of sp³-hybridized carbons (Fsp3) is 0.346. The molecule has 3 aromatic rings. The van der Waals surface area contributed by atoms with Crippen molar-refractivity contribution in [2.75, 3.05) is 18.4 Å². The molecule has 198 valence electrons. The molecule has 12 heteroatoms. The van der Waals surface area contributed by atoms with E-state index in [1.54, 1.807) is 24.1 Å². The number of aryl methyl sites for hydroxylation is 1. The average Bonchev–Trinajstić information content (AvgIpc) is 3.31. The van der Waals surface area contributed by atoms with Crippen molar-refractivity contribution in [3.8, 4) is 0 Å². The van der Waals surface area contributed by atoms with Gasteiger partial charge in [0.25, 0.3) is 5.91 Å². The van der Waals surface area contributed by atoms with E-state index in [1.165, 1.54) is 18.3 Å². The van der Waals surface area contributed by atoms with Crippen LogP contribution in [-0.2, 0) is 19.3 Å². The van der Waals surface area contributed by atoms with Gasteiger partial charge in [-0.25, -0.2) is 19.7 Å². The maximum Gasteiger partial charge on any atom is 0.416 e. The van der Waals surface area contributed by atoms with Crippen molar-refractivity contribution >= 4 is 23.5 Å². The number of nitrogens with one attached hydrogen (secondary N) is 1. The third-order valence-corrected chi connectivity index (χ3v) is 6.84. The number of hydrogen-bond acceptors (Lipinski definition) is 7. The van der Waals surface area contributed by atoms with Gasteiger partial charge in [0.1, 0.15) is 5.69 Å². The number of rotatable bonds is 5. The molecule has 0 unspecified atom stereocenters. The fourth-order valence-corrected chi connectivity index (χ4v) is 4.94. The predicted octanol–water partition coefficient (Wildman–Crippen LogP) is 4.26. The van der Waals surface area contributed by atoms with Crippen molar-refractivity contribution in [2.24, 2.45) is 0 Å². The number of carbonyl (C=O) groups is 2. The van der Waals surface area contributed by atoms with Crippen LogP contribution in [0.25, 0.3) is 0 Å². The monoisotopic (exact) mass is 526 g/mol. The van der Waals surface area contributed by atoms with Gasteiger partial charge in [-0.1, -0.05) is 0 Å². The lowest BCUT2D eigenvalue weighted by Crippen LogP contribution is -2.45. The largest absolute Gasteiger partial charge is 0.477 e. The Morgan fingerprint density at radius 2 is 1.84 bits per heavy atom. The minimum Gasteiger partial charge on any atom is -0.477 e. The number of fused-ring (bicyclic) bond motifs is 1. The highest BCUT2D eigenvalue weighted by atomic mass is 19.4. The van der Waals surface area contributed by atoms with Gasteiger partial charge in [-0.05, 0) is 55.7 Å². The summed E-state index contributed by atoms with van der Waals surface area (Å²) >= 11 is 0. The Bertz CT molecular complexity index is 1390. The van der Waals surface area contributed by atoms with E-state index in [9.17, 15) is 22.8 Å². The normalized spacial score (nSPS) is 16.4. The maximum atomic E-state index is 13.2. The van der Waals surface area contributed by atoms with Crippen molar-refractivity contribution in [1.82, 2.24) is 24.8 Å². The molecule has 9 nitrogen and oxygen atoms in total. The van der Waals surface area contributed by atoms with Crippen molar-refractivity contribution in [1.29, 1.82) is 0 Å². The van der Waals surface area contributed by atoms with Gasteiger partial charge in [-0.3, -0.25) is 9.69 Å². The highest BCUT2D eigenvalue weighted by Gasteiger charge is 2.33. The van der Waals surface area contributed by atoms with Crippen LogP contribution < -0.4 is 5.32 Å². The van der Waals surface area contributed by atoms with Gasteiger partial charge >= 0.3 is 12.1 Å². The zero-order chi connectivity index (χ0) is 27.0. The van der Waals surface area contributed by atoms with Gasteiger partial charge in [0, 0.05) is 61.4 Å². The number of carboxylic acids is 1. The molecule has 2 aromatic heterocycles. The van der Waals surface area contributed by atoms with Crippen LogP contribution in [0.3, 0.4) is 0 Å². The van der Waals surface area contributed by atoms with Crippen molar-refractivity contribution in [3.63, 3.8) is 0 Å². The van der Waals surface area contributed by atoms with E-state index >= 15 is 0 Å². The third kappa shape index (κ3) is 5.44. The molecule has 2 aliphatic heterocycles. The van der Waals surface area contributed by atoms with Crippen LogP contribution in [0, 0.1) is 6.92 Å². The molecule has 0 spiro atoms. The quantitative estimate of drug-likeness (QED) is 0.507. The standard InChI is InChI=1S/C26H25F3N6O3/c1-15-8-18(26(27,28)29)11-19(9-15)32-25-31-12-17-13-35(14-22(17)33-25)20-3-6-34(7-4-20)23(36)16-2-5-30-21(10-16)24(37)38/h2,5,8-12,20H,3-4,6-7,13-14H2,1H3,(H,37,38)(H,31,32,33). The van der Waals surface area contributed by atoms with Crippen LogP contribution in [0.4, 0.5) is 24.8 Å². The number of carboxylic acid groups (broad SMARTS) is 1. The lowest BCUT2D eigenvalue weighted by Gasteiger charge is -2.36. The summed E-state index contributed by atoms with van der Waals surface area (Å²) in [6.45, 7) is 3.91. The maximum absolute atomic E-state index is 13.2. The zero-order valence-electron chi connectivity index (χ0n) is 20.5. The summed E-state index contributed by atoms with van der Waals surface area (Å²) in [5.41, 5.74) is 1.94. The first-order valence-electron chi connectivity index (χ1n) is 12.1. The molecule has 0 radical (unpaired) electrons. The Morgan fingerprint density at radius 1 is 1.08 bits per heavy atom. The van der Waals surface area contributed by atoms with Crippen LogP contribution in [-0.4, -0.2) is 60.9 Å². The first-order valence-corrected chi connectivity index (χ1v) is 12.1. The van der Waals surface area contributed by atoms with Gasteiger partial charge in [-0.2, -0.15) is 13.2 Å². The first-order chi connectivity index (χ1) is 18.1. The number of likely N-dealkylation sites (tertiary alicyclic amines) is 1. The summed E-state index contributed by atoms with van der Waals surface area (Å²) in [6, 6.07) is 6.78. The van der Waals surface area contributed by atoms with Crippen LogP contribution in [0.1, 0.15) is 56.1 Å². The third-order valence-electron chi connectivity index (χ3n) is 6.84. The molecule has 0 saturated carbocycles. The predicted molar refractivity (Wildman–Crippen MR) is 131 cm³/mol. The smallest absolute Gasteiger partial charge is 0.416 e. The number of benzene rings is 1. The Kier molecular flexibility index (Phi) is 6.74. The molecule has 0 bridgehead atoms. The highest BCUT2D eigenvalue weighted by Crippen LogP contribution is 2.33. The van der Waals surface area contributed by atoms with Gasteiger partial charge in [0.15, 0.2) is 0 Å². The average molecular weight is 527 g/mol.